The van der Waals surface area contributed by atoms with Gasteiger partial charge in [0.25, 0.3) is 0 Å². The molecule has 0 saturated heterocycles. The van der Waals surface area contributed by atoms with Gasteiger partial charge in [-0.3, -0.25) is 4.79 Å². The van der Waals surface area contributed by atoms with Crippen LogP contribution in [0.25, 0.3) is 0 Å². The summed E-state index contributed by atoms with van der Waals surface area (Å²) in [5, 5.41) is 13.2. The molecule has 28 heavy (non-hydrogen) atoms. The van der Waals surface area contributed by atoms with Crippen LogP contribution < -0.4 is 10.6 Å². The third-order valence-corrected chi connectivity index (χ3v) is 5.13. The third-order valence-electron chi connectivity index (χ3n) is 4.07. The highest BCUT2D eigenvalue weighted by atomic mass is 32.1. The van der Waals surface area contributed by atoms with Gasteiger partial charge >= 0.3 is 17.8 Å². The van der Waals surface area contributed by atoms with Gasteiger partial charge in [0, 0.05) is 11.3 Å². The molecule has 1 rings (SSSR count). The van der Waals surface area contributed by atoms with E-state index in [0.29, 0.717) is 29.7 Å². The molecule has 0 aliphatic heterocycles. The van der Waals surface area contributed by atoms with Crippen LogP contribution in [0.4, 0.5) is 18.2 Å². The van der Waals surface area contributed by atoms with Crippen LogP contribution in [0, 0.1) is 18.3 Å². The van der Waals surface area contributed by atoms with Gasteiger partial charge in [0.15, 0.2) is 0 Å². The Morgan fingerprint density at radius 1 is 1.25 bits per heavy atom. The number of alkyl halides is 3. The third kappa shape index (κ3) is 4.95. The van der Waals surface area contributed by atoms with Gasteiger partial charge in [0.2, 0.25) is 5.91 Å². The molecular weight excluding hydrogens is 395 g/mol. The fourth-order valence-electron chi connectivity index (χ4n) is 2.62. The number of hydrogen-bond acceptors (Lipinski definition) is 6. The summed E-state index contributed by atoms with van der Waals surface area (Å²) in [5.74, 6) is -2.62. The highest BCUT2D eigenvalue weighted by Crippen LogP contribution is 2.39. The van der Waals surface area contributed by atoms with Gasteiger partial charge in [0.1, 0.15) is 11.1 Å². The zero-order chi connectivity index (χ0) is 21.5. The second-order valence-electron chi connectivity index (χ2n) is 6.05. The molecule has 6 nitrogen and oxygen atoms in total. The SMILES string of the molecule is CCCCC(=O)N[C@@](Nc1sc(C)c(CC)c1C#N)(C(=O)OCC)C(F)(F)F. The summed E-state index contributed by atoms with van der Waals surface area (Å²) in [7, 11) is 0. The first-order valence-corrected chi connectivity index (χ1v) is 9.74. The van der Waals surface area contributed by atoms with Crippen molar-refractivity contribution in [3.63, 3.8) is 0 Å². The molecule has 0 saturated carbocycles. The van der Waals surface area contributed by atoms with Crippen LogP contribution in [0.2, 0.25) is 0 Å². The fourth-order valence-corrected chi connectivity index (χ4v) is 3.77. The van der Waals surface area contributed by atoms with Gasteiger partial charge in [0.05, 0.1) is 12.2 Å². The van der Waals surface area contributed by atoms with E-state index in [9.17, 15) is 28.0 Å². The maximum absolute atomic E-state index is 14.1. The molecule has 2 N–H and O–H groups in total. The minimum Gasteiger partial charge on any atom is -0.463 e. The summed E-state index contributed by atoms with van der Waals surface area (Å²) < 4.78 is 46.9. The molecule has 1 aromatic heterocycles. The van der Waals surface area contributed by atoms with E-state index in [1.807, 2.05) is 6.07 Å². The molecule has 0 fully saturated rings. The molecule has 0 aliphatic carbocycles. The van der Waals surface area contributed by atoms with E-state index in [2.05, 4.69) is 10.1 Å². The van der Waals surface area contributed by atoms with Gasteiger partial charge in [-0.1, -0.05) is 20.3 Å². The average Bonchev–Trinajstić information content (AvgIpc) is 2.92. The Balaban J connectivity index is 3.51. The van der Waals surface area contributed by atoms with Crippen LogP contribution in [-0.4, -0.2) is 30.3 Å². The van der Waals surface area contributed by atoms with Crippen LogP contribution in [0.5, 0.6) is 0 Å². The minimum absolute atomic E-state index is 0.0192. The molecule has 0 aromatic carbocycles. The zero-order valence-corrected chi connectivity index (χ0v) is 17.1. The van der Waals surface area contributed by atoms with Crippen LogP contribution in [0.1, 0.15) is 56.0 Å². The first-order valence-electron chi connectivity index (χ1n) is 8.93. The van der Waals surface area contributed by atoms with Crippen LogP contribution in [-0.2, 0) is 20.7 Å². The second kappa shape index (κ2) is 9.78. The van der Waals surface area contributed by atoms with Gasteiger partial charge in [-0.25, -0.2) is 4.79 Å². The molecule has 0 aliphatic rings. The summed E-state index contributed by atoms with van der Waals surface area (Å²) in [5.41, 5.74) is -2.88. The average molecular weight is 419 g/mol. The van der Waals surface area contributed by atoms with E-state index in [1.165, 1.54) is 6.92 Å². The number of nitrogens with zero attached hydrogens (tertiary/aromatic N) is 1. The highest BCUT2D eigenvalue weighted by molar-refractivity contribution is 7.16. The van der Waals surface area contributed by atoms with Crippen molar-refractivity contribution < 1.29 is 27.5 Å². The maximum atomic E-state index is 14.1. The van der Waals surface area contributed by atoms with Crippen molar-refractivity contribution in [2.45, 2.75) is 65.2 Å². The van der Waals surface area contributed by atoms with Crippen molar-refractivity contribution in [1.82, 2.24) is 5.32 Å². The summed E-state index contributed by atoms with van der Waals surface area (Å²) in [6.45, 7) is 6.29. The number of nitrogens with one attached hydrogen (secondary N) is 2. The molecule has 10 heteroatoms. The molecule has 1 amide bonds. The minimum atomic E-state index is -5.21. The molecule has 0 unspecified atom stereocenters. The molecule has 0 spiro atoms. The summed E-state index contributed by atoms with van der Waals surface area (Å²) in [6, 6.07) is 1.88. The molecule has 1 heterocycles. The predicted octanol–water partition coefficient (Wildman–Crippen LogP) is 4.03. The first kappa shape index (κ1) is 23.8. The molecule has 1 atom stereocenters. The number of anilines is 1. The van der Waals surface area contributed by atoms with Gasteiger partial charge < -0.3 is 15.4 Å². The molecule has 0 radical (unpaired) electrons. The number of ether oxygens (including phenoxy) is 1. The molecule has 1 aromatic rings. The van der Waals surface area contributed by atoms with E-state index >= 15 is 0 Å². The van der Waals surface area contributed by atoms with E-state index < -0.39 is 23.7 Å². The summed E-state index contributed by atoms with van der Waals surface area (Å²) >= 11 is 0.921. The number of esters is 1. The second-order valence-corrected chi connectivity index (χ2v) is 7.28. The van der Waals surface area contributed by atoms with Crippen LogP contribution in [0.3, 0.4) is 0 Å². The number of carbonyl (C=O) groups excluding carboxylic acids is 2. The normalized spacial score (nSPS) is 13.4. The monoisotopic (exact) mass is 419 g/mol. The van der Waals surface area contributed by atoms with E-state index in [4.69, 9.17) is 0 Å². The van der Waals surface area contributed by atoms with Crippen molar-refractivity contribution in [2.24, 2.45) is 0 Å². The summed E-state index contributed by atoms with van der Waals surface area (Å²) in [6.07, 6.45) is -3.98. The standard InChI is InChI=1S/C18H24F3N3O3S/c1-5-8-9-14(25)23-17(18(19,20)21,16(26)27-7-3)24-15-13(10-22)12(6-2)11(4)28-15/h24H,5-9H2,1-4H3,(H,23,25)/t17-/m1/s1. The number of thiophene rings is 1. The van der Waals surface area contributed by atoms with Gasteiger partial charge in [-0.05, 0) is 32.3 Å². The van der Waals surface area contributed by atoms with Crippen LogP contribution >= 0.6 is 11.3 Å². The molecule has 0 bridgehead atoms. The topological polar surface area (TPSA) is 91.2 Å². The quantitative estimate of drug-likeness (QED) is 0.466. The lowest BCUT2D eigenvalue weighted by molar-refractivity contribution is -0.207. The number of unbranched alkanes of at least 4 members (excludes halogenated alkanes) is 1. The Morgan fingerprint density at radius 3 is 2.36 bits per heavy atom. The number of amides is 1. The number of rotatable bonds is 9. The largest absolute Gasteiger partial charge is 0.463 e. The smallest absolute Gasteiger partial charge is 0.441 e. The lowest BCUT2D eigenvalue weighted by atomic mass is 10.1. The van der Waals surface area contributed by atoms with Crippen LogP contribution in [0.15, 0.2) is 0 Å². The maximum Gasteiger partial charge on any atom is 0.441 e. The number of aryl methyl sites for hydroxylation is 1. The zero-order valence-electron chi connectivity index (χ0n) is 16.2. The fraction of sp³-hybridized carbons (Fsp3) is 0.611. The number of hydrogen-bond donors (Lipinski definition) is 2. The van der Waals surface area contributed by atoms with Crippen molar-refractivity contribution in [2.75, 3.05) is 11.9 Å². The highest BCUT2D eigenvalue weighted by Gasteiger charge is 2.64. The van der Waals surface area contributed by atoms with Gasteiger partial charge in [-0.15, -0.1) is 11.3 Å². The number of halogens is 3. The van der Waals surface area contributed by atoms with Crippen molar-refractivity contribution >= 4 is 28.2 Å². The van der Waals surface area contributed by atoms with Gasteiger partial charge in [-0.2, -0.15) is 18.4 Å². The van der Waals surface area contributed by atoms with Crippen molar-refractivity contribution in [1.29, 1.82) is 5.26 Å². The molecule has 156 valence electrons. The predicted molar refractivity (Wildman–Crippen MR) is 99.9 cm³/mol. The van der Waals surface area contributed by atoms with E-state index in [-0.39, 0.29) is 23.6 Å². The Kier molecular flexibility index (Phi) is 8.29. The molecular formula is C18H24F3N3O3S. The number of nitriles is 1. The lowest BCUT2D eigenvalue weighted by Gasteiger charge is -2.35. The van der Waals surface area contributed by atoms with E-state index in [1.54, 1.807) is 26.1 Å². The summed E-state index contributed by atoms with van der Waals surface area (Å²) in [4.78, 5) is 25.2. The van der Waals surface area contributed by atoms with Crippen molar-refractivity contribution in [3.8, 4) is 6.07 Å². The first-order chi connectivity index (χ1) is 13.1. The number of carbonyl (C=O) groups is 2. The Bertz CT molecular complexity index is 756. The lowest BCUT2D eigenvalue weighted by Crippen LogP contribution is -2.69. The Hall–Kier alpha value is -2.28. The van der Waals surface area contributed by atoms with E-state index in [0.717, 1.165) is 11.3 Å². The Labute approximate surface area is 166 Å². The Morgan fingerprint density at radius 2 is 1.89 bits per heavy atom. The van der Waals surface area contributed by atoms with Crippen molar-refractivity contribution in [3.05, 3.63) is 16.0 Å².